The minimum absolute atomic E-state index is 0.0171. The Balaban J connectivity index is 1.50. The van der Waals surface area contributed by atoms with Gasteiger partial charge in [0.15, 0.2) is 5.58 Å². The first-order chi connectivity index (χ1) is 11.1. The second kappa shape index (κ2) is 5.08. The number of fused-ring (bicyclic) bond motifs is 1. The minimum Gasteiger partial charge on any atom is -0.408 e. The third-order valence-electron chi connectivity index (χ3n) is 4.30. The van der Waals surface area contributed by atoms with Crippen LogP contribution < -0.4 is 11.1 Å². The summed E-state index contributed by atoms with van der Waals surface area (Å²) in [6, 6.07) is 9.09. The Morgan fingerprint density at radius 3 is 3.04 bits per heavy atom. The Labute approximate surface area is 131 Å². The molecule has 0 spiro atoms. The lowest BCUT2D eigenvalue weighted by Crippen LogP contribution is -2.14. The molecule has 2 atom stereocenters. The third kappa shape index (κ3) is 2.42. The molecule has 0 bridgehead atoms. The molecule has 1 aromatic carbocycles. The van der Waals surface area contributed by atoms with Crippen molar-refractivity contribution in [1.82, 2.24) is 9.55 Å². The van der Waals surface area contributed by atoms with Crippen molar-refractivity contribution in [2.45, 2.75) is 12.3 Å². The predicted molar refractivity (Wildman–Crippen MR) is 85.2 cm³/mol. The predicted octanol–water partition coefficient (Wildman–Crippen LogP) is 2.27. The molecule has 0 radical (unpaired) electrons. The highest BCUT2D eigenvalue weighted by Gasteiger charge is 2.44. The number of aryl methyl sites for hydroxylation is 1. The van der Waals surface area contributed by atoms with Crippen LogP contribution in [0.5, 0.6) is 0 Å². The largest absolute Gasteiger partial charge is 0.419 e. The normalized spacial score (nSPS) is 19.7. The van der Waals surface area contributed by atoms with Crippen LogP contribution >= 0.6 is 0 Å². The number of nitrogens with zero attached hydrogens (tertiary/aromatic N) is 2. The number of pyridine rings is 1. The fourth-order valence-electron chi connectivity index (χ4n) is 2.90. The molecule has 1 amide bonds. The van der Waals surface area contributed by atoms with Crippen LogP contribution in [0.1, 0.15) is 17.9 Å². The van der Waals surface area contributed by atoms with Gasteiger partial charge in [0.25, 0.3) is 0 Å². The van der Waals surface area contributed by atoms with Gasteiger partial charge in [0.05, 0.1) is 5.52 Å². The summed E-state index contributed by atoms with van der Waals surface area (Å²) in [6.45, 7) is 0. The lowest BCUT2D eigenvalue weighted by molar-refractivity contribution is -0.117. The summed E-state index contributed by atoms with van der Waals surface area (Å²) in [6.07, 6.45) is 4.37. The maximum Gasteiger partial charge on any atom is 0.419 e. The molecule has 1 saturated carbocycles. The van der Waals surface area contributed by atoms with Crippen molar-refractivity contribution in [3.63, 3.8) is 0 Å². The molecule has 23 heavy (non-hydrogen) atoms. The zero-order chi connectivity index (χ0) is 16.0. The lowest BCUT2D eigenvalue weighted by Gasteiger charge is -2.05. The monoisotopic (exact) mass is 309 g/mol. The van der Waals surface area contributed by atoms with Gasteiger partial charge in [-0.25, -0.2) is 4.79 Å². The van der Waals surface area contributed by atoms with Gasteiger partial charge >= 0.3 is 5.76 Å². The number of aromatic nitrogens is 2. The van der Waals surface area contributed by atoms with Crippen LogP contribution in [0.15, 0.2) is 51.9 Å². The van der Waals surface area contributed by atoms with Crippen molar-refractivity contribution in [1.29, 1.82) is 0 Å². The Bertz CT molecular complexity index is 943. The van der Waals surface area contributed by atoms with Gasteiger partial charge < -0.3 is 9.73 Å². The number of nitrogens with one attached hydrogen (secondary N) is 1. The van der Waals surface area contributed by atoms with E-state index in [1.54, 1.807) is 31.4 Å². The molecule has 1 N–H and O–H groups in total. The van der Waals surface area contributed by atoms with E-state index >= 15 is 0 Å². The van der Waals surface area contributed by atoms with E-state index in [2.05, 4.69) is 10.3 Å². The van der Waals surface area contributed by atoms with Gasteiger partial charge in [-0.1, -0.05) is 6.07 Å². The fourth-order valence-corrected chi connectivity index (χ4v) is 2.90. The van der Waals surface area contributed by atoms with Crippen molar-refractivity contribution in [2.24, 2.45) is 13.0 Å². The number of amides is 1. The minimum atomic E-state index is -0.415. The van der Waals surface area contributed by atoms with Gasteiger partial charge in [-0.3, -0.25) is 14.3 Å². The van der Waals surface area contributed by atoms with E-state index < -0.39 is 5.76 Å². The fraction of sp³-hybridized carbons (Fsp3) is 0.235. The summed E-state index contributed by atoms with van der Waals surface area (Å²) in [5, 5.41) is 2.89. The first-order valence-electron chi connectivity index (χ1n) is 7.44. The summed E-state index contributed by atoms with van der Waals surface area (Å²) in [4.78, 5) is 27.9. The molecule has 6 heteroatoms. The zero-order valence-corrected chi connectivity index (χ0v) is 12.5. The van der Waals surface area contributed by atoms with Crippen LogP contribution in [0, 0.1) is 5.92 Å². The van der Waals surface area contributed by atoms with E-state index in [0.29, 0.717) is 16.8 Å². The van der Waals surface area contributed by atoms with Gasteiger partial charge in [-0.05, 0) is 36.1 Å². The quantitative estimate of drug-likeness (QED) is 0.805. The van der Waals surface area contributed by atoms with E-state index in [0.717, 1.165) is 12.0 Å². The van der Waals surface area contributed by atoms with Crippen LogP contribution in [0.4, 0.5) is 5.69 Å². The summed E-state index contributed by atoms with van der Waals surface area (Å²) in [5.41, 5.74) is 2.90. The van der Waals surface area contributed by atoms with Crippen LogP contribution in [0.25, 0.3) is 11.1 Å². The number of benzene rings is 1. The Kier molecular flexibility index (Phi) is 3.04. The van der Waals surface area contributed by atoms with E-state index in [9.17, 15) is 9.59 Å². The van der Waals surface area contributed by atoms with Crippen LogP contribution in [0.3, 0.4) is 0 Å². The highest BCUT2D eigenvalue weighted by Crippen LogP contribution is 2.47. The molecule has 4 rings (SSSR count). The SMILES string of the molecule is Cn1c(=O)oc2cc(NC(=O)C3CC3c3cccnc3)ccc21. The third-order valence-corrected chi connectivity index (χ3v) is 4.30. The van der Waals surface area contributed by atoms with Crippen molar-refractivity contribution < 1.29 is 9.21 Å². The smallest absolute Gasteiger partial charge is 0.408 e. The highest BCUT2D eigenvalue weighted by atomic mass is 16.4. The molecule has 2 unspecified atom stereocenters. The molecule has 116 valence electrons. The molecular formula is C17H15N3O3. The maximum absolute atomic E-state index is 12.3. The van der Waals surface area contributed by atoms with Crippen molar-refractivity contribution >= 4 is 22.7 Å². The number of carbonyl (C=O) groups excluding carboxylic acids is 1. The zero-order valence-electron chi connectivity index (χ0n) is 12.5. The topological polar surface area (TPSA) is 77.1 Å². The van der Waals surface area contributed by atoms with E-state index in [1.165, 1.54) is 4.57 Å². The molecule has 1 aliphatic rings. The van der Waals surface area contributed by atoms with Crippen molar-refractivity contribution in [3.05, 3.63) is 58.8 Å². The molecule has 6 nitrogen and oxygen atoms in total. The molecule has 2 aromatic heterocycles. The molecule has 0 saturated heterocycles. The van der Waals surface area contributed by atoms with Gasteiger partial charge in [-0.15, -0.1) is 0 Å². The molecular weight excluding hydrogens is 294 g/mol. The van der Waals surface area contributed by atoms with Crippen LogP contribution in [0.2, 0.25) is 0 Å². The maximum atomic E-state index is 12.3. The van der Waals surface area contributed by atoms with Gasteiger partial charge in [-0.2, -0.15) is 0 Å². The number of rotatable bonds is 3. The van der Waals surface area contributed by atoms with Crippen molar-refractivity contribution in [3.8, 4) is 0 Å². The van der Waals surface area contributed by atoms with Gasteiger partial charge in [0.2, 0.25) is 5.91 Å². The Morgan fingerprint density at radius 1 is 1.39 bits per heavy atom. The summed E-state index contributed by atoms with van der Waals surface area (Å²) in [5.74, 6) is -0.224. The van der Waals surface area contributed by atoms with Gasteiger partial charge in [0.1, 0.15) is 0 Å². The lowest BCUT2D eigenvalue weighted by atomic mass is 10.1. The molecule has 3 aromatic rings. The molecule has 1 aliphatic carbocycles. The number of hydrogen-bond acceptors (Lipinski definition) is 4. The van der Waals surface area contributed by atoms with E-state index in [4.69, 9.17) is 4.42 Å². The van der Waals surface area contributed by atoms with Crippen LogP contribution in [-0.4, -0.2) is 15.5 Å². The number of anilines is 1. The summed E-state index contributed by atoms with van der Waals surface area (Å²) < 4.78 is 6.57. The Hall–Kier alpha value is -2.89. The highest BCUT2D eigenvalue weighted by molar-refractivity contribution is 5.96. The van der Waals surface area contributed by atoms with Crippen LogP contribution in [-0.2, 0) is 11.8 Å². The number of carbonyl (C=O) groups is 1. The summed E-state index contributed by atoms with van der Waals surface area (Å²) >= 11 is 0. The number of oxazole rings is 1. The van der Waals surface area contributed by atoms with Gasteiger partial charge in [0, 0.05) is 37.1 Å². The number of hydrogen-bond donors (Lipinski definition) is 1. The molecule has 1 fully saturated rings. The molecule has 0 aliphatic heterocycles. The average Bonchev–Trinajstić information content (AvgIpc) is 3.31. The second-order valence-electron chi connectivity index (χ2n) is 5.83. The average molecular weight is 309 g/mol. The second-order valence-corrected chi connectivity index (χ2v) is 5.83. The molecule has 2 heterocycles. The van der Waals surface area contributed by atoms with E-state index in [1.807, 2.05) is 18.3 Å². The first kappa shape index (κ1) is 13.8. The summed E-state index contributed by atoms with van der Waals surface area (Å²) in [7, 11) is 1.65. The Morgan fingerprint density at radius 2 is 2.26 bits per heavy atom. The first-order valence-corrected chi connectivity index (χ1v) is 7.44. The van der Waals surface area contributed by atoms with E-state index in [-0.39, 0.29) is 17.7 Å². The standard InChI is InChI=1S/C17H15N3O3/c1-20-14-5-4-11(7-15(14)23-17(20)22)19-16(21)13-8-12(13)10-3-2-6-18-9-10/h2-7,9,12-13H,8H2,1H3,(H,19,21). The van der Waals surface area contributed by atoms with Crippen molar-refractivity contribution in [2.75, 3.05) is 5.32 Å².